The second kappa shape index (κ2) is 6.84. The normalized spacial score (nSPS) is 17.5. The molecule has 1 fully saturated rings. The summed E-state index contributed by atoms with van der Waals surface area (Å²) < 4.78 is 13.1. The Morgan fingerprint density at radius 1 is 1.15 bits per heavy atom. The number of ether oxygens (including phenoxy) is 2. The maximum atomic E-state index is 12.8. The van der Waals surface area contributed by atoms with Crippen LogP contribution in [0.1, 0.15) is 22.2 Å². The summed E-state index contributed by atoms with van der Waals surface area (Å²) >= 11 is 0. The van der Waals surface area contributed by atoms with E-state index in [4.69, 9.17) is 9.47 Å². The number of benzene rings is 2. The van der Waals surface area contributed by atoms with Crippen LogP contribution in [0.5, 0.6) is 5.75 Å². The predicted molar refractivity (Wildman–Crippen MR) is 101 cm³/mol. The molecule has 1 aliphatic rings. The fourth-order valence-corrected chi connectivity index (χ4v) is 3.45. The van der Waals surface area contributed by atoms with Gasteiger partial charge in [-0.15, -0.1) is 0 Å². The molecule has 1 atom stereocenters. The molecule has 5 heteroatoms. The van der Waals surface area contributed by atoms with Gasteiger partial charge in [0.2, 0.25) is 0 Å². The van der Waals surface area contributed by atoms with E-state index in [0.29, 0.717) is 25.4 Å². The van der Waals surface area contributed by atoms with Crippen LogP contribution in [0.3, 0.4) is 0 Å². The number of hydrogen-bond donors (Lipinski definition) is 0. The smallest absolute Gasteiger partial charge is 0.270 e. The molecule has 2 heterocycles. The third kappa shape index (κ3) is 3.06. The lowest BCUT2D eigenvalue weighted by atomic mass is 10.0. The third-order valence-corrected chi connectivity index (χ3v) is 4.96. The first-order chi connectivity index (χ1) is 12.7. The molecule has 1 unspecified atom stereocenters. The standard InChI is InChI=1S/C21H22N2O3/c1-22-9-3-4-19(22)21(24)23-10-11-26-20(14-23)17-6-5-16-13-18(25-2)8-7-15(16)12-17/h3-9,12-13,20H,10-11,14H2,1-2H3. The van der Waals surface area contributed by atoms with Gasteiger partial charge in [-0.25, -0.2) is 0 Å². The third-order valence-electron chi connectivity index (χ3n) is 4.96. The fraction of sp³-hybridized carbons (Fsp3) is 0.286. The van der Waals surface area contributed by atoms with E-state index in [0.717, 1.165) is 22.1 Å². The molecule has 0 bridgehead atoms. The average molecular weight is 350 g/mol. The van der Waals surface area contributed by atoms with Gasteiger partial charge in [-0.05, 0) is 46.7 Å². The molecule has 3 aromatic rings. The number of carbonyl (C=O) groups is 1. The Morgan fingerprint density at radius 3 is 2.73 bits per heavy atom. The van der Waals surface area contributed by atoms with Crippen LogP contribution in [0.25, 0.3) is 10.8 Å². The summed E-state index contributed by atoms with van der Waals surface area (Å²) in [4.78, 5) is 14.7. The Hall–Kier alpha value is -2.79. The van der Waals surface area contributed by atoms with Crippen molar-refractivity contribution in [1.29, 1.82) is 0 Å². The zero-order valence-electron chi connectivity index (χ0n) is 15.0. The number of carbonyl (C=O) groups excluding carboxylic acids is 1. The SMILES string of the molecule is COc1ccc2cc(C3CN(C(=O)c4cccn4C)CCO3)ccc2c1. The van der Waals surface area contributed by atoms with Gasteiger partial charge >= 0.3 is 0 Å². The quantitative estimate of drug-likeness (QED) is 0.727. The van der Waals surface area contributed by atoms with Gasteiger partial charge in [-0.3, -0.25) is 4.79 Å². The molecular formula is C21H22N2O3. The fourth-order valence-electron chi connectivity index (χ4n) is 3.45. The second-order valence-corrected chi connectivity index (χ2v) is 6.59. The lowest BCUT2D eigenvalue weighted by molar-refractivity contribution is -0.0230. The number of methoxy groups -OCH3 is 1. The van der Waals surface area contributed by atoms with Crippen molar-refractivity contribution in [3.63, 3.8) is 0 Å². The minimum absolute atomic E-state index is 0.0522. The van der Waals surface area contributed by atoms with E-state index in [1.807, 2.05) is 53.0 Å². The highest BCUT2D eigenvalue weighted by molar-refractivity contribution is 5.93. The molecule has 5 nitrogen and oxygen atoms in total. The molecule has 26 heavy (non-hydrogen) atoms. The van der Waals surface area contributed by atoms with Gasteiger partial charge in [0.1, 0.15) is 17.5 Å². The van der Waals surface area contributed by atoms with Crippen LogP contribution in [0.4, 0.5) is 0 Å². The van der Waals surface area contributed by atoms with Crippen LogP contribution in [0.2, 0.25) is 0 Å². The van der Waals surface area contributed by atoms with Crippen LogP contribution in [0.15, 0.2) is 54.7 Å². The number of amides is 1. The van der Waals surface area contributed by atoms with E-state index in [9.17, 15) is 4.79 Å². The van der Waals surface area contributed by atoms with Crippen molar-refractivity contribution >= 4 is 16.7 Å². The molecule has 0 spiro atoms. The molecule has 0 saturated carbocycles. The summed E-state index contributed by atoms with van der Waals surface area (Å²) in [7, 11) is 3.56. The number of hydrogen-bond acceptors (Lipinski definition) is 3. The summed E-state index contributed by atoms with van der Waals surface area (Å²) in [6, 6.07) is 16.1. The summed E-state index contributed by atoms with van der Waals surface area (Å²) in [6.45, 7) is 1.72. The van der Waals surface area contributed by atoms with Crippen molar-refractivity contribution in [2.24, 2.45) is 7.05 Å². The minimum Gasteiger partial charge on any atom is -0.497 e. The molecule has 0 aliphatic carbocycles. The van der Waals surface area contributed by atoms with Crippen LogP contribution < -0.4 is 4.74 Å². The maximum absolute atomic E-state index is 12.8. The molecule has 1 saturated heterocycles. The highest BCUT2D eigenvalue weighted by Gasteiger charge is 2.27. The Kier molecular flexibility index (Phi) is 4.39. The highest BCUT2D eigenvalue weighted by Crippen LogP contribution is 2.28. The van der Waals surface area contributed by atoms with Gasteiger partial charge in [0.05, 0.1) is 20.3 Å². The minimum atomic E-state index is -0.112. The van der Waals surface area contributed by atoms with E-state index in [1.54, 1.807) is 7.11 Å². The lowest BCUT2D eigenvalue weighted by Crippen LogP contribution is -2.42. The number of fused-ring (bicyclic) bond motifs is 1. The van der Waals surface area contributed by atoms with Crippen LogP contribution >= 0.6 is 0 Å². The van der Waals surface area contributed by atoms with Crippen molar-refractivity contribution in [2.75, 3.05) is 26.8 Å². The van der Waals surface area contributed by atoms with E-state index >= 15 is 0 Å². The van der Waals surface area contributed by atoms with Crippen molar-refractivity contribution in [2.45, 2.75) is 6.10 Å². The number of aromatic nitrogens is 1. The van der Waals surface area contributed by atoms with E-state index < -0.39 is 0 Å². The molecule has 0 radical (unpaired) electrons. The van der Waals surface area contributed by atoms with E-state index in [1.165, 1.54) is 0 Å². The zero-order valence-corrected chi connectivity index (χ0v) is 15.0. The molecule has 0 N–H and O–H groups in total. The van der Waals surface area contributed by atoms with E-state index in [2.05, 4.69) is 18.2 Å². The Morgan fingerprint density at radius 2 is 1.96 bits per heavy atom. The summed E-state index contributed by atoms with van der Waals surface area (Å²) in [5.74, 6) is 0.898. The number of morpholine rings is 1. The highest BCUT2D eigenvalue weighted by atomic mass is 16.5. The number of aryl methyl sites for hydroxylation is 1. The van der Waals surface area contributed by atoms with Gasteiger partial charge in [0, 0.05) is 19.8 Å². The van der Waals surface area contributed by atoms with Crippen molar-refractivity contribution in [1.82, 2.24) is 9.47 Å². The lowest BCUT2D eigenvalue weighted by Gasteiger charge is -2.33. The first kappa shape index (κ1) is 16.7. The maximum Gasteiger partial charge on any atom is 0.270 e. The topological polar surface area (TPSA) is 43.7 Å². The largest absolute Gasteiger partial charge is 0.497 e. The molecule has 1 aromatic heterocycles. The van der Waals surface area contributed by atoms with Gasteiger partial charge in [0.25, 0.3) is 5.91 Å². The summed E-state index contributed by atoms with van der Waals surface area (Å²) in [5.41, 5.74) is 1.79. The van der Waals surface area contributed by atoms with Crippen molar-refractivity contribution in [3.05, 3.63) is 66.0 Å². The van der Waals surface area contributed by atoms with Crippen LogP contribution in [0, 0.1) is 0 Å². The number of rotatable bonds is 3. The van der Waals surface area contributed by atoms with Crippen molar-refractivity contribution in [3.8, 4) is 5.75 Å². The molecule has 1 amide bonds. The van der Waals surface area contributed by atoms with E-state index in [-0.39, 0.29) is 12.0 Å². The molecule has 1 aliphatic heterocycles. The first-order valence-corrected chi connectivity index (χ1v) is 8.75. The van der Waals surface area contributed by atoms with Gasteiger partial charge < -0.3 is 18.9 Å². The monoisotopic (exact) mass is 350 g/mol. The van der Waals surface area contributed by atoms with Crippen molar-refractivity contribution < 1.29 is 14.3 Å². The summed E-state index contributed by atoms with van der Waals surface area (Å²) in [5, 5.41) is 2.26. The van der Waals surface area contributed by atoms with Crippen LogP contribution in [-0.2, 0) is 11.8 Å². The molecule has 134 valence electrons. The molecular weight excluding hydrogens is 328 g/mol. The van der Waals surface area contributed by atoms with Gasteiger partial charge in [-0.1, -0.05) is 18.2 Å². The first-order valence-electron chi connectivity index (χ1n) is 8.75. The second-order valence-electron chi connectivity index (χ2n) is 6.59. The number of nitrogens with zero attached hydrogens (tertiary/aromatic N) is 2. The Bertz CT molecular complexity index is 947. The predicted octanol–water partition coefficient (Wildman–Crippen LogP) is 3.40. The molecule has 2 aromatic carbocycles. The summed E-state index contributed by atoms with van der Waals surface area (Å²) in [6.07, 6.45) is 1.78. The average Bonchev–Trinajstić information content (AvgIpc) is 3.12. The Balaban J connectivity index is 1.57. The van der Waals surface area contributed by atoms with Crippen LogP contribution in [-0.4, -0.2) is 42.2 Å². The van der Waals surface area contributed by atoms with Gasteiger partial charge in [-0.2, -0.15) is 0 Å². The van der Waals surface area contributed by atoms with Gasteiger partial charge in [0.15, 0.2) is 0 Å². The zero-order chi connectivity index (χ0) is 18.1. The Labute approximate surface area is 152 Å². The molecule has 4 rings (SSSR count).